The zero-order chi connectivity index (χ0) is 18.6. The predicted octanol–water partition coefficient (Wildman–Crippen LogP) is 3.99. The Morgan fingerprint density at radius 2 is 1.48 bits per heavy atom. The maximum atomic E-state index is 12.4. The minimum atomic E-state index is -5.05. The minimum absolute atomic E-state index is 0.00323. The lowest BCUT2D eigenvalue weighted by Crippen LogP contribution is -2.26. The summed E-state index contributed by atoms with van der Waals surface area (Å²) in [7, 11) is 1.59. The first-order valence-corrected chi connectivity index (χ1v) is 7.15. The van der Waals surface area contributed by atoms with Crippen LogP contribution in [0.4, 0.5) is 18.9 Å². The monoisotopic (exact) mass is 349 g/mol. The Labute approximate surface area is 141 Å². The topological polar surface area (TPSA) is 57.6 Å². The standard InChI is InChI=1S/C18H14F3NO3/c1-22(14-5-3-2-4-6-14)17(25)13-9-7-12(8-10-13)15(23)11-16(24)18(19,20)21/h2-11,23H,1H3. The van der Waals surface area contributed by atoms with E-state index < -0.39 is 17.7 Å². The smallest absolute Gasteiger partial charge is 0.454 e. The number of para-hydroxylation sites is 1. The van der Waals surface area contributed by atoms with Gasteiger partial charge in [0.25, 0.3) is 11.7 Å². The summed E-state index contributed by atoms with van der Waals surface area (Å²) in [6, 6.07) is 14.1. The predicted molar refractivity (Wildman–Crippen MR) is 87.3 cm³/mol. The van der Waals surface area contributed by atoms with Gasteiger partial charge in [0.05, 0.1) is 0 Å². The van der Waals surface area contributed by atoms with Crippen LogP contribution in [0.2, 0.25) is 0 Å². The fourth-order valence-corrected chi connectivity index (χ4v) is 2.04. The van der Waals surface area contributed by atoms with E-state index in [9.17, 15) is 27.9 Å². The molecular formula is C18H14F3NO3. The summed E-state index contributed by atoms with van der Waals surface area (Å²) in [5.41, 5.74) is 0.955. The number of anilines is 1. The Morgan fingerprint density at radius 3 is 2.00 bits per heavy atom. The van der Waals surface area contributed by atoms with Gasteiger partial charge in [-0.25, -0.2) is 0 Å². The van der Waals surface area contributed by atoms with Gasteiger partial charge in [0.1, 0.15) is 5.76 Å². The molecule has 0 aliphatic rings. The fourth-order valence-electron chi connectivity index (χ4n) is 2.04. The molecule has 0 bridgehead atoms. The summed E-state index contributed by atoms with van der Waals surface area (Å²) < 4.78 is 36.6. The number of nitrogens with zero attached hydrogens (tertiary/aromatic N) is 1. The number of alkyl halides is 3. The van der Waals surface area contributed by atoms with Crippen LogP contribution in [-0.4, -0.2) is 30.0 Å². The summed E-state index contributed by atoms with van der Waals surface area (Å²) in [6.07, 6.45) is -4.95. The van der Waals surface area contributed by atoms with Crippen molar-refractivity contribution < 1.29 is 27.9 Å². The lowest BCUT2D eigenvalue weighted by atomic mass is 10.1. The first-order valence-electron chi connectivity index (χ1n) is 7.15. The Bertz CT molecular complexity index is 797. The first kappa shape index (κ1) is 18.3. The number of benzene rings is 2. The molecule has 0 aliphatic carbocycles. The van der Waals surface area contributed by atoms with Gasteiger partial charge in [0.15, 0.2) is 0 Å². The van der Waals surface area contributed by atoms with E-state index in [0.717, 1.165) is 0 Å². The van der Waals surface area contributed by atoms with Crippen molar-refractivity contribution in [2.75, 3.05) is 11.9 Å². The summed E-state index contributed by atoms with van der Waals surface area (Å²) in [4.78, 5) is 24.6. The number of aliphatic hydroxyl groups is 1. The van der Waals surface area contributed by atoms with E-state index in [-0.39, 0.29) is 23.1 Å². The van der Waals surface area contributed by atoms with Gasteiger partial charge in [-0.1, -0.05) is 30.3 Å². The van der Waals surface area contributed by atoms with Crippen molar-refractivity contribution in [2.24, 2.45) is 0 Å². The number of rotatable bonds is 4. The van der Waals surface area contributed by atoms with Crippen LogP contribution in [0.25, 0.3) is 5.76 Å². The molecule has 4 nitrogen and oxygen atoms in total. The summed E-state index contributed by atoms with van der Waals surface area (Å²) in [5.74, 6) is -3.31. The van der Waals surface area contributed by atoms with Crippen LogP contribution in [0.3, 0.4) is 0 Å². The van der Waals surface area contributed by atoms with E-state index >= 15 is 0 Å². The normalized spacial score (nSPS) is 11.9. The molecule has 2 aromatic rings. The van der Waals surface area contributed by atoms with Gasteiger partial charge in [-0.05, 0) is 24.3 Å². The van der Waals surface area contributed by atoms with Crippen LogP contribution in [-0.2, 0) is 4.79 Å². The summed E-state index contributed by atoms with van der Waals surface area (Å²) >= 11 is 0. The second kappa shape index (κ2) is 7.21. The highest BCUT2D eigenvalue weighted by molar-refractivity contribution is 6.06. The van der Waals surface area contributed by atoms with Crippen molar-refractivity contribution in [1.82, 2.24) is 0 Å². The van der Waals surface area contributed by atoms with Crippen molar-refractivity contribution in [3.8, 4) is 0 Å². The van der Waals surface area contributed by atoms with Crippen LogP contribution >= 0.6 is 0 Å². The molecule has 1 amide bonds. The zero-order valence-electron chi connectivity index (χ0n) is 13.1. The molecule has 0 saturated heterocycles. The third kappa shape index (κ3) is 4.47. The molecule has 0 aliphatic heterocycles. The summed E-state index contributed by atoms with van der Waals surface area (Å²) in [6.45, 7) is 0. The Hall–Kier alpha value is -3.09. The van der Waals surface area contributed by atoms with Crippen molar-refractivity contribution in [2.45, 2.75) is 6.18 Å². The summed E-state index contributed by atoms with van der Waals surface area (Å²) in [5, 5.41) is 9.62. The maximum Gasteiger partial charge on any atom is 0.454 e. The second-order valence-electron chi connectivity index (χ2n) is 5.17. The van der Waals surface area contributed by atoms with Gasteiger partial charge in [0.2, 0.25) is 0 Å². The van der Waals surface area contributed by atoms with Gasteiger partial charge < -0.3 is 10.0 Å². The van der Waals surface area contributed by atoms with Gasteiger partial charge >= 0.3 is 6.18 Å². The Kier molecular flexibility index (Phi) is 5.26. The van der Waals surface area contributed by atoms with E-state index in [0.29, 0.717) is 5.69 Å². The highest BCUT2D eigenvalue weighted by atomic mass is 19.4. The average molecular weight is 349 g/mol. The molecule has 0 aromatic heterocycles. The lowest BCUT2D eigenvalue weighted by molar-refractivity contribution is -0.165. The van der Waals surface area contributed by atoms with Gasteiger partial charge in [0, 0.05) is 29.9 Å². The van der Waals surface area contributed by atoms with Crippen LogP contribution < -0.4 is 4.90 Å². The highest BCUT2D eigenvalue weighted by Crippen LogP contribution is 2.21. The molecule has 0 spiro atoms. The Morgan fingerprint density at radius 1 is 0.960 bits per heavy atom. The molecule has 130 valence electrons. The minimum Gasteiger partial charge on any atom is -0.507 e. The maximum absolute atomic E-state index is 12.4. The van der Waals surface area contributed by atoms with E-state index in [1.165, 1.54) is 29.2 Å². The molecule has 0 heterocycles. The van der Waals surface area contributed by atoms with Crippen LogP contribution in [0.15, 0.2) is 60.7 Å². The molecule has 1 N–H and O–H groups in total. The van der Waals surface area contributed by atoms with E-state index in [4.69, 9.17) is 0 Å². The zero-order valence-corrected chi connectivity index (χ0v) is 13.1. The molecule has 0 radical (unpaired) electrons. The number of halogens is 3. The number of ketones is 1. The van der Waals surface area contributed by atoms with Crippen LogP contribution in [0, 0.1) is 0 Å². The van der Waals surface area contributed by atoms with Crippen LogP contribution in [0.1, 0.15) is 15.9 Å². The number of carbonyl (C=O) groups is 2. The SMILES string of the molecule is CN(C(=O)c1ccc(C(O)=CC(=O)C(F)(F)F)cc1)c1ccccc1. The van der Waals surface area contributed by atoms with E-state index in [1.54, 1.807) is 31.3 Å². The molecule has 25 heavy (non-hydrogen) atoms. The third-order valence-corrected chi connectivity index (χ3v) is 3.42. The fraction of sp³-hybridized carbons (Fsp3) is 0.111. The quantitative estimate of drug-likeness (QED) is 0.671. The van der Waals surface area contributed by atoms with Crippen LogP contribution in [0.5, 0.6) is 0 Å². The number of aliphatic hydroxyl groups excluding tert-OH is 1. The molecule has 2 rings (SSSR count). The average Bonchev–Trinajstić information content (AvgIpc) is 2.60. The molecule has 2 aromatic carbocycles. The Balaban J connectivity index is 2.18. The number of amides is 1. The van der Waals surface area contributed by atoms with Crippen molar-refractivity contribution in [3.05, 3.63) is 71.8 Å². The first-order chi connectivity index (χ1) is 11.7. The molecule has 7 heteroatoms. The van der Waals surface area contributed by atoms with Crippen molar-refractivity contribution in [1.29, 1.82) is 0 Å². The van der Waals surface area contributed by atoms with Crippen molar-refractivity contribution >= 4 is 23.1 Å². The molecule has 0 unspecified atom stereocenters. The van der Waals surface area contributed by atoms with E-state index in [2.05, 4.69) is 0 Å². The van der Waals surface area contributed by atoms with Gasteiger partial charge in [-0.3, -0.25) is 9.59 Å². The largest absolute Gasteiger partial charge is 0.507 e. The van der Waals surface area contributed by atoms with E-state index in [1.807, 2.05) is 6.07 Å². The van der Waals surface area contributed by atoms with Crippen molar-refractivity contribution in [3.63, 3.8) is 0 Å². The number of hydrogen-bond donors (Lipinski definition) is 1. The highest BCUT2D eigenvalue weighted by Gasteiger charge is 2.37. The molecule has 0 fully saturated rings. The third-order valence-electron chi connectivity index (χ3n) is 3.42. The molecule has 0 atom stereocenters. The molecule has 0 saturated carbocycles. The number of allylic oxidation sites excluding steroid dienone is 1. The lowest BCUT2D eigenvalue weighted by Gasteiger charge is -2.17. The number of carbonyl (C=O) groups excluding carboxylic acids is 2. The van der Waals surface area contributed by atoms with Gasteiger partial charge in [-0.2, -0.15) is 13.2 Å². The number of hydrogen-bond acceptors (Lipinski definition) is 3. The van der Waals surface area contributed by atoms with Gasteiger partial charge in [-0.15, -0.1) is 0 Å². The second-order valence-corrected chi connectivity index (χ2v) is 5.17. The molecular weight excluding hydrogens is 335 g/mol.